The molecule has 3 saturated heterocycles. The van der Waals surface area contributed by atoms with E-state index in [0.717, 1.165) is 86.9 Å². The van der Waals surface area contributed by atoms with Gasteiger partial charge < -0.3 is 30.5 Å². The number of piperazine rings is 1. The topological polar surface area (TPSA) is 201 Å². The number of hydrogen-bond donors (Lipinski definition) is 3. The average Bonchev–Trinajstić information content (AvgIpc) is 4.05. The van der Waals surface area contributed by atoms with Gasteiger partial charge in [0.2, 0.25) is 17.7 Å². The van der Waals surface area contributed by atoms with Crippen LogP contribution in [0.15, 0.2) is 67.0 Å². The Hall–Kier alpha value is -6.95. The largest absolute Gasteiger partial charge is 0.496 e. The van der Waals surface area contributed by atoms with Gasteiger partial charge in [0.15, 0.2) is 5.65 Å². The third kappa shape index (κ3) is 9.07. The number of ether oxygens (including phenoxy) is 1. The van der Waals surface area contributed by atoms with E-state index < -0.39 is 23.7 Å². The molecule has 2 atom stereocenters. The van der Waals surface area contributed by atoms with Crippen molar-refractivity contribution in [2.45, 2.75) is 70.1 Å². The molecule has 2 aromatic heterocycles. The molecular formula is C47H52FN11O6. The molecule has 9 rings (SSSR count). The molecule has 0 bridgehead atoms. The van der Waals surface area contributed by atoms with E-state index in [9.17, 15) is 28.4 Å². The number of amides is 5. The summed E-state index contributed by atoms with van der Waals surface area (Å²) in [5, 5.41) is 10.8. The molecule has 4 aliphatic rings. The molecular weight excluding hydrogens is 834 g/mol. The van der Waals surface area contributed by atoms with Crippen LogP contribution in [0.4, 0.5) is 15.9 Å². The summed E-state index contributed by atoms with van der Waals surface area (Å²) in [7, 11) is 1.43. The SMILES string of the molecule is COc1ccc(F)cc1C(=O)NCc1ccc(-c2nn(C3CCN(C(=O)CCCCCN4CCN(c5ccc6c(c5)CN([C@H]5CCC(=O)NC5=O)C6=O)CC4)C3)c3ncnc(N)c23)cc1. The Bertz CT molecular complexity index is 2650. The Morgan fingerprint density at radius 3 is 2.54 bits per heavy atom. The summed E-state index contributed by atoms with van der Waals surface area (Å²) in [6.45, 7) is 6.29. The maximum Gasteiger partial charge on any atom is 0.255 e. The number of benzene rings is 3. The summed E-state index contributed by atoms with van der Waals surface area (Å²) in [6.07, 6.45) is 6.02. The highest BCUT2D eigenvalue weighted by Gasteiger charge is 2.39. The number of nitrogens with one attached hydrogen (secondary N) is 2. The van der Waals surface area contributed by atoms with Crippen molar-refractivity contribution in [3.05, 3.63) is 95.1 Å². The number of rotatable bonds is 14. The van der Waals surface area contributed by atoms with Crippen LogP contribution in [0, 0.1) is 5.82 Å². The van der Waals surface area contributed by atoms with Crippen molar-refractivity contribution in [2.24, 2.45) is 0 Å². The van der Waals surface area contributed by atoms with Crippen molar-refractivity contribution in [3.8, 4) is 17.0 Å². The van der Waals surface area contributed by atoms with Gasteiger partial charge in [0.25, 0.3) is 11.8 Å². The fraction of sp³-hybridized carbons (Fsp3) is 0.404. The van der Waals surface area contributed by atoms with E-state index in [1.54, 1.807) is 4.90 Å². The van der Waals surface area contributed by atoms with Gasteiger partial charge in [-0.1, -0.05) is 30.7 Å². The summed E-state index contributed by atoms with van der Waals surface area (Å²) in [6, 6.07) is 16.6. The van der Waals surface area contributed by atoms with Gasteiger partial charge >= 0.3 is 0 Å². The van der Waals surface area contributed by atoms with Crippen LogP contribution in [-0.4, -0.2) is 123 Å². The van der Waals surface area contributed by atoms with Gasteiger partial charge in [0, 0.05) is 82.0 Å². The molecule has 5 amide bonds. The third-order valence-corrected chi connectivity index (χ3v) is 13.1. The van der Waals surface area contributed by atoms with Crippen LogP contribution in [0.2, 0.25) is 0 Å². The minimum Gasteiger partial charge on any atom is -0.496 e. The van der Waals surface area contributed by atoms with Crippen molar-refractivity contribution < 1.29 is 33.1 Å². The Kier molecular flexibility index (Phi) is 12.4. The number of unbranched alkanes of at least 4 members (excludes halogenated alkanes) is 2. The normalized spacial score (nSPS) is 18.9. The van der Waals surface area contributed by atoms with Gasteiger partial charge in [0.1, 0.15) is 35.4 Å². The van der Waals surface area contributed by atoms with Crippen LogP contribution in [-0.2, 0) is 27.5 Å². The molecule has 4 N–H and O–H groups in total. The number of imide groups is 1. The lowest BCUT2D eigenvalue weighted by molar-refractivity contribution is -0.137. The fourth-order valence-electron chi connectivity index (χ4n) is 9.47. The molecule has 0 spiro atoms. The number of carbonyl (C=O) groups is 5. The second-order valence-corrected chi connectivity index (χ2v) is 17.1. The molecule has 4 aliphatic heterocycles. The summed E-state index contributed by atoms with van der Waals surface area (Å²) in [4.78, 5) is 80.6. The number of anilines is 2. The number of halogens is 1. The fourth-order valence-corrected chi connectivity index (χ4v) is 9.47. The van der Waals surface area contributed by atoms with Gasteiger partial charge in [0.05, 0.1) is 24.1 Å². The van der Waals surface area contributed by atoms with E-state index in [2.05, 4.69) is 36.5 Å². The van der Waals surface area contributed by atoms with Crippen molar-refractivity contribution >= 4 is 52.1 Å². The number of hydrogen-bond acceptors (Lipinski definition) is 12. The highest BCUT2D eigenvalue weighted by molar-refractivity contribution is 6.05. The minimum atomic E-state index is -0.622. The monoisotopic (exact) mass is 885 g/mol. The smallest absolute Gasteiger partial charge is 0.255 e. The number of nitrogens with two attached hydrogens (primary N) is 1. The lowest BCUT2D eigenvalue weighted by Gasteiger charge is -2.36. The predicted molar refractivity (Wildman–Crippen MR) is 239 cm³/mol. The first-order chi connectivity index (χ1) is 31.5. The Morgan fingerprint density at radius 1 is 0.938 bits per heavy atom. The van der Waals surface area contributed by atoms with E-state index >= 15 is 0 Å². The number of likely N-dealkylation sites (tertiary alicyclic amines) is 1. The van der Waals surface area contributed by atoms with E-state index in [-0.39, 0.29) is 48.0 Å². The molecule has 3 fully saturated rings. The third-order valence-electron chi connectivity index (χ3n) is 13.1. The quantitative estimate of drug-likeness (QED) is 0.107. The zero-order chi connectivity index (χ0) is 45.2. The second kappa shape index (κ2) is 18.6. The summed E-state index contributed by atoms with van der Waals surface area (Å²) < 4.78 is 20.9. The lowest BCUT2D eigenvalue weighted by Crippen LogP contribution is -2.52. The summed E-state index contributed by atoms with van der Waals surface area (Å²) in [5.41, 5.74) is 12.0. The van der Waals surface area contributed by atoms with Crippen LogP contribution in [0.3, 0.4) is 0 Å². The Balaban J connectivity index is 0.723. The molecule has 65 heavy (non-hydrogen) atoms. The second-order valence-electron chi connectivity index (χ2n) is 17.1. The summed E-state index contributed by atoms with van der Waals surface area (Å²) in [5.74, 6) is -1.11. The molecule has 6 heterocycles. The van der Waals surface area contributed by atoms with Gasteiger partial charge in [-0.25, -0.2) is 19.0 Å². The first-order valence-corrected chi connectivity index (χ1v) is 22.3. The molecule has 0 saturated carbocycles. The van der Waals surface area contributed by atoms with Crippen molar-refractivity contribution in [1.29, 1.82) is 0 Å². The number of nitrogens with zero attached hydrogens (tertiary/aromatic N) is 8. The van der Waals surface area contributed by atoms with Crippen molar-refractivity contribution in [3.63, 3.8) is 0 Å². The van der Waals surface area contributed by atoms with E-state index in [1.165, 1.54) is 25.6 Å². The van der Waals surface area contributed by atoms with Crippen LogP contribution >= 0.6 is 0 Å². The van der Waals surface area contributed by atoms with E-state index in [4.69, 9.17) is 15.6 Å². The van der Waals surface area contributed by atoms with Gasteiger partial charge in [-0.15, -0.1) is 0 Å². The maximum atomic E-state index is 13.8. The average molecular weight is 886 g/mol. The van der Waals surface area contributed by atoms with Crippen LogP contribution < -0.4 is 26.0 Å². The Morgan fingerprint density at radius 2 is 1.75 bits per heavy atom. The van der Waals surface area contributed by atoms with Crippen LogP contribution in [0.5, 0.6) is 5.75 Å². The first-order valence-electron chi connectivity index (χ1n) is 22.3. The number of aromatic nitrogens is 4. The number of carbonyl (C=O) groups excluding carboxylic acids is 5. The Labute approximate surface area is 375 Å². The molecule has 1 unspecified atom stereocenters. The van der Waals surface area contributed by atoms with E-state index in [0.29, 0.717) is 60.6 Å². The van der Waals surface area contributed by atoms with Gasteiger partial charge in [-0.2, -0.15) is 5.10 Å². The van der Waals surface area contributed by atoms with E-state index in [1.807, 2.05) is 46.0 Å². The number of piperidine rings is 1. The standard InChI is InChI=1S/C47H52FN11O6/c1-65-38-14-10-32(48)24-36(38)45(62)50-25-29-6-8-30(9-7-29)42-41-43(49)51-28-52-44(41)59(54-42)34-16-18-57(27-34)40(61)5-3-2-4-17-55-19-21-56(22-20-55)33-11-12-35-31(23-33)26-58(47(35)64)37-13-15-39(60)53-46(37)63/h6-12,14,23-24,28,34,37H,2-5,13,15-22,25-27H2,1H3,(H,50,62)(H2,49,51,52)(H,53,60,63)/t34?,37-/m0/s1. The van der Waals surface area contributed by atoms with Crippen LogP contribution in [0.25, 0.3) is 22.3 Å². The molecule has 17 nitrogen and oxygen atoms in total. The predicted octanol–water partition coefficient (Wildman–Crippen LogP) is 4.07. The van der Waals surface area contributed by atoms with Crippen LogP contribution in [0.1, 0.15) is 82.8 Å². The summed E-state index contributed by atoms with van der Waals surface area (Å²) >= 11 is 0. The number of nitrogen functional groups attached to an aromatic ring is 1. The maximum absolute atomic E-state index is 13.8. The number of fused-ring (bicyclic) bond motifs is 2. The van der Waals surface area contributed by atoms with Crippen molar-refractivity contribution in [2.75, 3.05) is 63.6 Å². The molecule has 18 heteroatoms. The molecule has 0 radical (unpaired) electrons. The first kappa shape index (κ1) is 43.3. The molecule has 5 aromatic rings. The zero-order valence-corrected chi connectivity index (χ0v) is 36.3. The molecule has 338 valence electrons. The highest BCUT2D eigenvalue weighted by Crippen LogP contribution is 2.35. The highest BCUT2D eigenvalue weighted by atomic mass is 19.1. The zero-order valence-electron chi connectivity index (χ0n) is 36.3. The number of methoxy groups -OCH3 is 1. The molecule has 0 aliphatic carbocycles. The minimum absolute atomic E-state index is 0.0794. The molecule has 3 aromatic carbocycles. The van der Waals surface area contributed by atoms with Crippen molar-refractivity contribution in [1.82, 2.24) is 45.1 Å². The lowest BCUT2D eigenvalue weighted by atomic mass is 10.0. The van der Waals surface area contributed by atoms with Gasteiger partial charge in [-0.3, -0.25) is 34.2 Å². The van der Waals surface area contributed by atoms with Gasteiger partial charge in [-0.05, 0) is 79.8 Å².